The van der Waals surface area contributed by atoms with E-state index in [0.717, 1.165) is 24.0 Å². The number of hydrogen-bond donors (Lipinski definition) is 1. The summed E-state index contributed by atoms with van der Waals surface area (Å²) >= 11 is 3.43. The molecule has 0 aliphatic heterocycles. The Kier molecular flexibility index (Phi) is 8.31. The summed E-state index contributed by atoms with van der Waals surface area (Å²) in [7, 11) is 0. The lowest BCUT2D eigenvalue weighted by Crippen LogP contribution is -2.18. The third kappa shape index (κ3) is 7.14. The van der Waals surface area contributed by atoms with E-state index in [9.17, 15) is 0 Å². The quantitative estimate of drug-likeness (QED) is 0.692. The van der Waals surface area contributed by atoms with E-state index in [-0.39, 0.29) is 0 Å². The van der Waals surface area contributed by atoms with Gasteiger partial charge in [0.1, 0.15) is 0 Å². The SMILES string of the molecule is CCCNCCCC(C)OCc1ccc(Br)cc1. The summed E-state index contributed by atoms with van der Waals surface area (Å²) in [5, 5.41) is 3.41. The molecule has 0 heterocycles. The van der Waals surface area contributed by atoms with E-state index in [4.69, 9.17) is 4.74 Å². The van der Waals surface area contributed by atoms with E-state index in [2.05, 4.69) is 59.4 Å². The third-order valence-corrected chi connectivity index (χ3v) is 3.37. The minimum atomic E-state index is 0.331. The van der Waals surface area contributed by atoms with Gasteiger partial charge in [0.25, 0.3) is 0 Å². The fourth-order valence-corrected chi connectivity index (χ4v) is 1.98. The summed E-state index contributed by atoms with van der Waals surface area (Å²) in [6.07, 6.45) is 3.83. The second kappa shape index (κ2) is 9.54. The topological polar surface area (TPSA) is 21.3 Å². The highest BCUT2D eigenvalue weighted by atomic mass is 79.9. The lowest BCUT2D eigenvalue weighted by atomic mass is 10.2. The Bertz CT molecular complexity index is 313. The van der Waals surface area contributed by atoms with Crippen molar-refractivity contribution in [1.29, 1.82) is 0 Å². The van der Waals surface area contributed by atoms with Crippen molar-refractivity contribution in [3.05, 3.63) is 34.3 Å². The number of rotatable bonds is 9. The van der Waals surface area contributed by atoms with Crippen LogP contribution in [0, 0.1) is 0 Å². The first-order valence-electron chi connectivity index (χ1n) is 6.79. The van der Waals surface area contributed by atoms with Crippen molar-refractivity contribution in [3.63, 3.8) is 0 Å². The van der Waals surface area contributed by atoms with Gasteiger partial charge in [-0.05, 0) is 57.0 Å². The molecule has 0 aromatic heterocycles. The Hall–Kier alpha value is -0.380. The zero-order valence-corrected chi connectivity index (χ0v) is 13.0. The monoisotopic (exact) mass is 313 g/mol. The van der Waals surface area contributed by atoms with Crippen LogP contribution >= 0.6 is 15.9 Å². The van der Waals surface area contributed by atoms with Gasteiger partial charge in [0.05, 0.1) is 12.7 Å². The number of benzene rings is 1. The van der Waals surface area contributed by atoms with E-state index in [1.54, 1.807) is 0 Å². The number of nitrogens with one attached hydrogen (secondary N) is 1. The van der Waals surface area contributed by atoms with Crippen molar-refractivity contribution in [2.45, 2.75) is 45.8 Å². The molecule has 0 bridgehead atoms. The van der Waals surface area contributed by atoms with Gasteiger partial charge in [-0.15, -0.1) is 0 Å². The van der Waals surface area contributed by atoms with Gasteiger partial charge in [0, 0.05) is 4.47 Å². The average molecular weight is 314 g/mol. The van der Waals surface area contributed by atoms with Crippen LogP contribution in [-0.4, -0.2) is 19.2 Å². The highest BCUT2D eigenvalue weighted by Crippen LogP contribution is 2.12. The second-order valence-electron chi connectivity index (χ2n) is 4.64. The maximum atomic E-state index is 5.83. The summed E-state index contributed by atoms with van der Waals surface area (Å²) in [4.78, 5) is 0. The molecular formula is C15H24BrNO. The Labute approximate surface area is 119 Å². The minimum Gasteiger partial charge on any atom is -0.374 e. The first kappa shape index (κ1) is 15.7. The first-order valence-corrected chi connectivity index (χ1v) is 7.58. The molecule has 0 radical (unpaired) electrons. The summed E-state index contributed by atoms with van der Waals surface area (Å²) < 4.78 is 6.94. The number of halogens is 1. The fourth-order valence-electron chi connectivity index (χ4n) is 1.72. The minimum absolute atomic E-state index is 0.331. The molecule has 1 aromatic rings. The van der Waals surface area contributed by atoms with Gasteiger partial charge in [0.2, 0.25) is 0 Å². The average Bonchev–Trinajstić information content (AvgIpc) is 2.38. The van der Waals surface area contributed by atoms with Gasteiger partial charge in [0.15, 0.2) is 0 Å². The molecule has 1 unspecified atom stereocenters. The molecule has 0 fully saturated rings. The lowest BCUT2D eigenvalue weighted by molar-refractivity contribution is 0.0464. The normalized spacial score (nSPS) is 12.6. The highest BCUT2D eigenvalue weighted by molar-refractivity contribution is 9.10. The molecule has 3 heteroatoms. The van der Waals surface area contributed by atoms with Crippen LogP contribution in [0.25, 0.3) is 0 Å². The molecule has 0 saturated carbocycles. The van der Waals surface area contributed by atoms with Gasteiger partial charge < -0.3 is 10.1 Å². The van der Waals surface area contributed by atoms with Gasteiger partial charge >= 0.3 is 0 Å². The van der Waals surface area contributed by atoms with Crippen molar-refractivity contribution in [3.8, 4) is 0 Å². The predicted molar refractivity (Wildman–Crippen MR) is 80.8 cm³/mol. The first-order chi connectivity index (χ1) is 8.72. The standard InChI is InChI=1S/C15H24BrNO/c1-3-10-17-11-4-5-13(2)18-12-14-6-8-15(16)9-7-14/h6-9,13,17H,3-5,10-12H2,1-2H3. The van der Waals surface area contributed by atoms with E-state index in [1.807, 2.05) is 0 Å². The largest absolute Gasteiger partial charge is 0.374 e. The molecule has 1 N–H and O–H groups in total. The summed E-state index contributed by atoms with van der Waals surface area (Å²) in [6.45, 7) is 7.26. The lowest BCUT2D eigenvalue weighted by Gasteiger charge is -2.13. The van der Waals surface area contributed by atoms with Crippen molar-refractivity contribution in [2.75, 3.05) is 13.1 Å². The Morgan fingerprint density at radius 1 is 1.22 bits per heavy atom. The predicted octanol–water partition coefficient (Wildman–Crippen LogP) is 4.13. The zero-order valence-electron chi connectivity index (χ0n) is 11.4. The van der Waals surface area contributed by atoms with E-state index < -0.39 is 0 Å². The molecule has 2 nitrogen and oxygen atoms in total. The van der Waals surface area contributed by atoms with Gasteiger partial charge in [-0.25, -0.2) is 0 Å². The van der Waals surface area contributed by atoms with Crippen molar-refractivity contribution in [2.24, 2.45) is 0 Å². The van der Waals surface area contributed by atoms with Crippen LogP contribution in [0.3, 0.4) is 0 Å². The second-order valence-corrected chi connectivity index (χ2v) is 5.56. The van der Waals surface area contributed by atoms with Crippen LogP contribution in [0.2, 0.25) is 0 Å². The molecule has 0 spiro atoms. The zero-order chi connectivity index (χ0) is 13.2. The van der Waals surface area contributed by atoms with Gasteiger partial charge in [-0.3, -0.25) is 0 Å². The van der Waals surface area contributed by atoms with Crippen LogP contribution in [0.15, 0.2) is 28.7 Å². The molecule has 0 aliphatic carbocycles. The number of hydrogen-bond acceptors (Lipinski definition) is 2. The maximum absolute atomic E-state index is 5.83. The smallest absolute Gasteiger partial charge is 0.0720 e. The fraction of sp³-hybridized carbons (Fsp3) is 0.600. The van der Waals surface area contributed by atoms with Crippen LogP contribution in [0.1, 0.15) is 38.7 Å². The van der Waals surface area contributed by atoms with Crippen molar-refractivity contribution < 1.29 is 4.74 Å². The number of ether oxygens (including phenoxy) is 1. The van der Waals surface area contributed by atoms with E-state index in [1.165, 1.54) is 18.4 Å². The molecule has 102 valence electrons. The molecular weight excluding hydrogens is 290 g/mol. The van der Waals surface area contributed by atoms with Crippen LogP contribution < -0.4 is 5.32 Å². The molecule has 1 rings (SSSR count). The van der Waals surface area contributed by atoms with E-state index >= 15 is 0 Å². The molecule has 0 aliphatic rings. The Balaban J connectivity index is 2.09. The van der Waals surface area contributed by atoms with Crippen molar-refractivity contribution >= 4 is 15.9 Å². The van der Waals surface area contributed by atoms with Crippen LogP contribution in [0.4, 0.5) is 0 Å². The maximum Gasteiger partial charge on any atom is 0.0720 e. The van der Waals surface area contributed by atoms with Crippen LogP contribution in [0.5, 0.6) is 0 Å². The summed E-state index contributed by atoms with van der Waals surface area (Å²) in [5.74, 6) is 0. The summed E-state index contributed by atoms with van der Waals surface area (Å²) in [5.41, 5.74) is 1.23. The van der Waals surface area contributed by atoms with E-state index in [0.29, 0.717) is 12.7 Å². The molecule has 1 aromatic carbocycles. The Morgan fingerprint density at radius 3 is 2.61 bits per heavy atom. The molecule has 1 atom stereocenters. The van der Waals surface area contributed by atoms with Crippen LogP contribution in [-0.2, 0) is 11.3 Å². The molecule has 0 amide bonds. The molecule has 0 saturated heterocycles. The molecule has 18 heavy (non-hydrogen) atoms. The van der Waals surface area contributed by atoms with Gasteiger partial charge in [-0.2, -0.15) is 0 Å². The Morgan fingerprint density at radius 2 is 1.94 bits per heavy atom. The third-order valence-electron chi connectivity index (χ3n) is 2.84. The highest BCUT2D eigenvalue weighted by Gasteiger charge is 2.02. The van der Waals surface area contributed by atoms with Crippen molar-refractivity contribution in [1.82, 2.24) is 5.32 Å². The van der Waals surface area contributed by atoms with Gasteiger partial charge in [-0.1, -0.05) is 35.0 Å². The summed E-state index contributed by atoms with van der Waals surface area (Å²) in [6, 6.07) is 8.30.